The second-order valence-corrected chi connectivity index (χ2v) is 9.08. The smallest absolute Gasteiger partial charge is 0.276 e. The number of nitrogens with one attached hydrogen (secondary N) is 1. The summed E-state index contributed by atoms with van der Waals surface area (Å²) in [4.78, 5) is 20.3. The van der Waals surface area contributed by atoms with E-state index in [9.17, 15) is 4.79 Å². The van der Waals surface area contributed by atoms with Gasteiger partial charge >= 0.3 is 0 Å². The van der Waals surface area contributed by atoms with Crippen molar-refractivity contribution in [3.8, 4) is 0 Å². The fourth-order valence-electron chi connectivity index (χ4n) is 3.40. The van der Waals surface area contributed by atoms with Crippen molar-refractivity contribution >= 4 is 39.9 Å². The van der Waals surface area contributed by atoms with Gasteiger partial charge in [0.2, 0.25) is 0 Å². The highest BCUT2D eigenvalue weighted by Crippen LogP contribution is 2.34. The molecule has 5 rings (SSSR count). The van der Waals surface area contributed by atoms with E-state index in [-0.39, 0.29) is 12.1 Å². The van der Waals surface area contributed by atoms with Crippen LogP contribution < -0.4 is 15.9 Å². The lowest BCUT2D eigenvalue weighted by molar-refractivity contribution is -0.116. The number of thioether (sulfide) groups is 1. The van der Waals surface area contributed by atoms with Crippen LogP contribution in [0.4, 0.5) is 0 Å². The summed E-state index contributed by atoms with van der Waals surface area (Å²) in [6, 6.07) is 22.0. The Morgan fingerprint density at radius 2 is 1.86 bits per heavy atom. The molecule has 0 spiro atoms. The second kappa shape index (κ2) is 7.50. The van der Waals surface area contributed by atoms with Gasteiger partial charge in [-0.3, -0.25) is 15.1 Å². The molecule has 0 aliphatic carbocycles. The van der Waals surface area contributed by atoms with Crippen molar-refractivity contribution < 1.29 is 4.79 Å². The minimum Gasteiger partial charge on any atom is -0.298 e. The Hall–Kier alpha value is -2.90. The quantitative estimate of drug-likeness (QED) is 0.711. The lowest BCUT2D eigenvalue weighted by atomic mass is 10.1. The highest BCUT2D eigenvalue weighted by atomic mass is 32.2. The van der Waals surface area contributed by atoms with Gasteiger partial charge in [0, 0.05) is 15.8 Å². The van der Waals surface area contributed by atoms with Crippen molar-refractivity contribution in [2.75, 3.05) is 0 Å². The van der Waals surface area contributed by atoms with E-state index < -0.39 is 0 Å². The Bertz CT molecular complexity index is 1230. The Morgan fingerprint density at radius 3 is 2.66 bits per heavy atom. The summed E-state index contributed by atoms with van der Waals surface area (Å²) >= 11 is 3.20. The van der Waals surface area contributed by atoms with Gasteiger partial charge in [-0.25, -0.2) is 5.01 Å². The first-order valence-electron chi connectivity index (χ1n) is 9.28. The molecule has 1 N–H and O–H groups in total. The van der Waals surface area contributed by atoms with Crippen molar-refractivity contribution in [2.45, 2.75) is 18.8 Å². The van der Waals surface area contributed by atoms with Gasteiger partial charge in [-0.05, 0) is 30.7 Å². The maximum Gasteiger partial charge on any atom is 0.276 e. The van der Waals surface area contributed by atoms with Crippen molar-refractivity contribution in [3.63, 3.8) is 0 Å². The van der Waals surface area contributed by atoms with Gasteiger partial charge in [-0.2, -0.15) is 0 Å². The molecule has 2 aliphatic heterocycles. The lowest BCUT2D eigenvalue weighted by Crippen LogP contribution is -2.50. The van der Waals surface area contributed by atoms with Gasteiger partial charge < -0.3 is 0 Å². The number of carbonyl (C=O) groups is 1. The Kier molecular flexibility index (Phi) is 4.69. The van der Waals surface area contributed by atoms with E-state index in [1.807, 2.05) is 42.5 Å². The van der Waals surface area contributed by atoms with Crippen LogP contribution in [0.3, 0.4) is 0 Å². The van der Waals surface area contributed by atoms with Crippen LogP contribution in [0.2, 0.25) is 0 Å². The Labute approximate surface area is 176 Å². The molecule has 144 valence electrons. The summed E-state index contributed by atoms with van der Waals surface area (Å²) in [6.45, 7) is 2.07. The molecule has 1 aromatic heterocycles. The number of hydrogen-bond acceptors (Lipinski definition) is 6. The zero-order valence-corrected chi connectivity index (χ0v) is 17.3. The van der Waals surface area contributed by atoms with Gasteiger partial charge in [0.1, 0.15) is 5.70 Å². The maximum atomic E-state index is 13.1. The third kappa shape index (κ3) is 3.47. The van der Waals surface area contributed by atoms with Crippen LogP contribution in [-0.4, -0.2) is 16.1 Å². The largest absolute Gasteiger partial charge is 0.298 e. The standard InChI is InChI=1S/C22H18N4OS2/c1-14-11-12-18(29-14)20-23-17-10-6-5-9-16(17)19-21(27)24-22(25-26(19)20)28-13-15-7-3-2-4-8-15/h2-12,20H,13H2,1H3,(H,24,25,27). The molecule has 1 unspecified atom stereocenters. The van der Waals surface area contributed by atoms with Gasteiger partial charge in [-0.15, -0.1) is 16.4 Å². The number of nitrogens with zero attached hydrogens (tertiary/aromatic N) is 3. The third-order valence-corrected chi connectivity index (χ3v) is 6.72. The van der Waals surface area contributed by atoms with Gasteiger partial charge in [0.25, 0.3) is 5.91 Å². The van der Waals surface area contributed by atoms with Crippen LogP contribution >= 0.6 is 23.1 Å². The summed E-state index contributed by atoms with van der Waals surface area (Å²) in [5, 5.41) is 11.8. The first-order valence-corrected chi connectivity index (χ1v) is 11.1. The number of aryl methyl sites for hydroxylation is 1. The summed E-state index contributed by atoms with van der Waals surface area (Å²) in [5.74, 6) is 0.593. The topological polar surface area (TPSA) is 57.1 Å². The zero-order chi connectivity index (χ0) is 19.8. The zero-order valence-electron chi connectivity index (χ0n) is 15.7. The molecule has 3 heterocycles. The van der Waals surface area contributed by atoms with Crippen LogP contribution in [-0.2, 0) is 10.5 Å². The SMILES string of the molecule is Cc1ccc(C2N=c3ccccc3=C3C(=O)NC(SCc4ccccc4)=NN32)s1. The van der Waals surface area contributed by atoms with E-state index in [1.165, 1.54) is 22.2 Å². The second-order valence-electron chi connectivity index (χ2n) is 6.80. The number of benzene rings is 2. The number of carbonyl (C=O) groups excluding carboxylic acids is 1. The number of rotatable bonds is 3. The van der Waals surface area contributed by atoms with Crippen LogP contribution in [0.15, 0.2) is 76.8 Å². The van der Waals surface area contributed by atoms with E-state index >= 15 is 0 Å². The van der Waals surface area contributed by atoms with Crippen LogP contribution in [0, 0.1) is 6.92 Å². The highest BCUT2D eigenvalue weighted by molar-refractivity contribution is 8.13. The summed E-state index contributed by atoms with van der Waals surface area (Å²) in [6.07, 6.45) is -0.336. The van der Waals surface area contributed by atoms with Crippen LogP contribution in [0.5, 0.6) is 0 Å². The van der Waals surface area contributed by atoms with E-state index in [2.05, 4.69) is 36.5 Å². The van der Waals surface area contributed by atoms with Gasteiger partial charge in [0.05, 0.1) is 10.2 Å². The minimum absolute atomic E-state index is 0.142. The van der Waals surface area contributed by atoms with Crippen molar-refractivity contribution in [1.29, 1.82) is 0 Å². The molecule has 0 radical (unpaired) electrons. The van der Waals surface area contributed by atoms with E-state index in [1.54, 1.807) is 16.3 Å². The average Bonchev–Trinajstić information content (AvgIpc) is 3.18. The minimum atomic E-state index is -0.336. The predicted molar refractivity (Wildman–Crippen MR) is 118 cm³/mol. The molecule has 3 aromatic rings. The first-order chi connectivity index (χ1) is 14.2. The lowest BCUT2D eigenvalue weighted by Gasteiger charge is -2.33. The number of thiophene rings is 1. The number of hydrogen-bond donors (Lipinski definition) is 1. The third-order valence-electron chi connectivity index (χ3n) is 4.75. The van der Waals surface area contributed by atoms with Crippen LogP contribution in [0.25, 0.3) is 5.70 Å². The molecule has 1 amide bonds. The Morgan fingerprint density at radius 1 is 1.07 bits per heavy atom. The normalized spacial score (nSPS) is 17.8. The fourth-order valence-corrected chi connectivity index (χ4v) is 5.10. The van der Waals surface area contributed by atoms with Gasteiger partial charge in [0.15, 0.2) is 11.3 Å². The number of para-hydroxylation sites is 1. The number of fused-ring (bicyclic) bond motifs is 2. The van der Waals surface area contributed by atoms with Crippen molar-refractivity contribution in [3.05, 3.63) is 92.6 Å². The van der Waals surface area contributed by atoms with Crippen LogP contribution in [0.1, 0.15) is 21.5 Å². The van der Waals surface area contributed by atoms with Gasteiger partial charge in [-0.1, -0.05) is 60.3 Å². The molecule has 0 saturated heterocycles. The van der Waals surface area contributed by atoms with Crippen molar-refractivity contribution in [2.24, 2.45) is 10.1 Å². The number of amides is 1. The van der Waals surface area contributed by atoms with E-state index in [0.29, 0.717) is 10.9 Å². The molecule has 2 aliphatic rings. The number of amidine groups is 1. The molecule has 29 heavy (non-hydrogen) atoms. The number of hydrazone groups is 1. The molecule has 7 heteroatoms. The Balaban J connectivity index is 1.57. The molecular weight excluding hydrogens is 400 g/mol. The van der Waals surface area contributed by atoms with E-state index in [4.69, 9.17) is 10.1 Å². The molecule has 5 nitrogen and oxygen atoms in total. The van der Waals surface area contributed by atoms with E-state index in [0.717, 1.165) is 21.2 Å². The maximum absolute atomic E-state index is 13.1. The molecule has 0 fully saturated rings. The summed E-state index contributed by atoms with van der Waals surface area (Å²) < 4.78 is 0. The summed E-state index contributed by atoms with van der Waals surface area (Å²) in [7, 11) is 0. The molecule has 2 aromatic carbocycles. The average molecular weight is 419 g/mol. The molecule has 1 atom stereocenters. The first kappa shape index (κ1) is 18.1. The molecular formula is C22H18N4OS2. The highest BCUT2D eigenvalue weighted by Gasteiger charge is 2.34. The molecule has 0 saturated carbocycles. The summed E-state index contributed by atoms with van der Waals surface area (Å²) in [5.41, 5.74) is 1.74. The fraction of sp³-hybridized carbons (Fsp3) is 0.136. The monoisotopic (exact) mass is 418 g/mol. The van der Waals surface area contributed by atoms with Crippen molar-refractivity contribution in [1.82, 2.24) is 10.3 Å². The molecule has 0 bridgehead atoms. The predicted octanol–water partition coefficient (Wildman–Crippen LogP) is 3.13.